The maximum Gasteiger partial charge on any atom is 0.407 e. The van der Waals surface area contributed by atoms with Crippen LogP contribution in [-0.2, 0) is 14.6 Å². The van der Waals surface area contributed by atoms with Crippen molar-refractivity contribution in [2.45, 2.75) is 24.8 Å². The Bertz CT molecular complexity index is 1780. The first-order valence-corrected chi connectivity index (χ1v) is 15.1. The Hall–Kier alpha value is -4.56. The van der Waals surface area contributed by atoms with Crippen molar-refractivity contribution in [3.8, 4) is 11.3 Å². The molecule has 12 nitrogen and oxygen atoms in total. The van der Waals surface area contributed by atoms with E-state index in [1.165, 1.54) is 23.1 Å². The van der Waals surface area contributed by atoms with E-state index in [-0.39, 0.29) is 17.5 Å². The number of aromatic amines is 1. The zero-order valence-corrected chi connectivity index (χ0v) is 24.0. The summed E-state index contributed by atoms with van der Waals surface area (Å²) in [6.45, 7) is 5.23. The number of anilines is 3. The van der Waals surface area contributed by atoms with Crippen molar-refractivity contribution in [3.05, 3.63) is 60.2 Å². The average Bonchev–Trinajstić information content (AvgIpc) is 3.39. The predicted molar refractivity (Wildman–Crippen MR) is 156 cm³/mol. The minimum Gasteiger partial charge on any atom is -0.465 e. The fourth-order valence-electron chi connectivity index (χ4n) is 4.95. The van der Waals surface area contributed by atoms with Crippen LogP contribution in [0.2, 0.25) is 0 Å². The monoisotopic (exact) mass is 595 g/mol. The minimum absolute atomic E-state index is 0.0739. The van der Waals surface area contributed by atoms with Gasteiger partial charge in [0, 0.05) is 55.8 Å². The minimum atomic E-state index is -3.77. The van der Waals surface area contributed by atoms with E-state index in [1.54, 1.807) is 25.4 Å². The lowest BCUT2D eigenvalue weighted by Crippen LogP contribution is -2.53. The molecule has 0 radical (unpaired) electrons. The highest BCUT2D eigenvalue weighted by molar-refractivity contribution is 7.90. The molecule has 4 aromatic rings. The Kier molecular flexibility index (Phi) is 7.84. The molecule has 1 saturated heterocycles. The lowest BCUT2D eigenvalue weighted by molar-refractivity contribution is -0.121. The molecule has 2 amide bonds. The number of aromatic nitrogens is 3. The molecule has 1 aliphatic heterocycles. The first kappa shape index (κ1) is 29.0. The van der Waals surface area contributed by atoms with Crippen molar-refractivity contribution in [1.82, 2.24) is 24.8 Å². The summed E-state index contributed by atoms with van der Waals surface area (Å²) in [5, 5.41) is 15.7. The molecular weight excluding hydrogens is 565 g/mol. The van der Waals surface area contributed by atoms with Crippen LogP contribution in [0, 0.1) is 12.7 Å². The molecule has 1 fully saturated rings. The molecule has 1 aliphatic rings. The van der Waals surface area contributed by atoms with Gasteiger partial charge >= 0.3 is 6.09 Å². The molecule has 5 rings (SSSR count). The van der Waals surface area contributed by atoms with Gasteiger partial charge in [-0.25, -0.2) is 27.6 Å². The summed E-state index contributed by atoms with van der Waals surface area (Å²) in [6.07, 6.45) is 3.32. The quantitative estimate of drug-likeness (QED) is 0.249. The number of nitrogens with zero attached hydrogens (tertiary/aromatic N) is 4. The summed E-state index contributed by atoms with van der Waals surface area (Å²) < 4.78 is 38.8. The summed E-state index contributed by atoms with van der Waals surface area (Å²) in [7, 11) is -3.77. The smallest absolute Gasteiger partial charge is 0.407 e. The molecule has 3 heterocycles. The summed E-state index contributed by atoms with van der Waals surface area (Å²) in [5.41, 5.74) is 3.22. The third kappa shape index (κ3) is 5.76. The second-order valence-corrected chi connectivity index (χ2v) is 12.1. The molecule has 14 heteroatoms. The Morgan fingerprint density at radius 2 is 1.79 bits per heavy atom. The van der Waals surface area contributed by atoms with Crippen LogP contribution in [0.3, 0.4) is 0 Å². The normalized spacial score (nSPS) is 15.0. The third-order valence-electron chi connectivity index (χ3n) is 7.32. The van der Waals surface area contributed by atoms with E-state index in [2.05, 4.69) is 25.6 Å². The summed E-state index contributed by atoms with van der Waals surface area (Å²) >= 11 is 0. The maximum atomic E-state index is 14.9. The molecule has 0 spiro atoms. The van der Waals surface area contributed by atoms with Crippen LogP contribution >= 0.6 is 0 Å². The number of halogens is 1. The van der Waals surface area contributed by atoms with Crippen molar-refractivity contribution in [1.29, 1.82) is 0 Å². The number of amides is 2. The molecule has 1 unspecified atom stereocenters. The molecule has 4 N–H and O–H groups in total. The highest BCUT2D eigenvalue weighted by Gasteiger charge is 2.28. The van der Waals surface area contributed by atoms with Crippen LogP contribution in [0.15, 0.2) is 53.7 Å². The molecule has 1 atom stereocenters. The van der Waals surface area contributed by atoms with Gasteiger partial charge in [0.1, 0.15) is 4.90 Å². The molecule has 0 saturated carbocycles. The lowest BCUT2D eigenvalue weighted by Gasteiger charge is -2.36. The molecule has 0 aliphatic carbocycles. The number of hydrogen-bond donors (Lipinski definition) is 4. The fourth-order valence-corrected chi connectivity index (χ4v) is 5.71. The number of carbonyl (C=O) groups is 2. The summed E-state index contributed by atoms with van der Waals surface area (Å²) in [5.74, 6) is -1.06. The number of fused-ring (bicyclic) bond motifs is 1. The van der Waals surface area contributed by atoms with Crippen molar-refractivity contribution in [2.75, 3.05) is 43.1 Å². The van der Waals surface area contributed by atoms with Gasteiger partial charge in [0.2, 0.25) is 11.9 Å². The number of carboxylic acid groups (broad SMARTS) is 1. The molecule has 42 heavy (non-hydrogen) atoms. The molecule has 2 aromatic carbocycles. The van der Waals surface area contributed by atoms with Crippen LogP contribution in [0.4, 0.5) is 26.5 Å². The number of para-hydroxylation sites is 1. The highest BCUT2D eigenvalue weighted by Crippen LogP contribution is 2.34. The van der Waals surface area contributed by atoms with E-state index in [9.17, 15) is 27.5 Å². The van der Waals surface area contributed by atoms with Gasteiger partial charge in [-0.1, -0.05) is 18.2 Å². The molecule has 2 aromatic heterocycles. The van der Waals surface area contributed by atoms with Crippen molar-refractivity contribution >= 4 is 50.1 Å². The Balaban J connectivity index is 1.39. The van der Waals surface area contributed by atoms with Gasteiger partial charge in [-0.3, -0.25) is 9.69 Å². The first-order valence-electron chi connectivity index (χ1n) is 13.2. The highest BCUT2D eigenvalue weighted by atomic mass is 32.2. The second-order valence-electron chi connectivity index (χ2n) is 10.1. The van der Waals surface area contributed by atoms with Gasteiger partial charge in [-0.2, -0.15) is 0 Å². The predicted octanol–water partition coefficient (Wildman–Crippen LogP) is 3.84. The van der Waals surface area contributed by atoms with Gasteiger partial charge in [0.05, 0.1) is 28.6 Å². The Morgan fingerprint density at radius 3 is 2.48 bits per heavy atom. The largest absolute Gasteiger partial charge is 0.465 e. The molecular formula is C28H30FN7O5S. The van der Waals surface area contributed by atoms with Crippen LogP contribution < -0.4 is 10.6 Å². The van der Waals surface area contributed by atoms with Crippen molar-refractivity contribution < 1.29 is 27.5 Å². The summed E-state index contributed by atoms with van der Waals surface area (Å²) in [4.78, 5) is 39.2. The van der Waals surface area contributed by atoms with Crippen molar-refractivity contribution in [3.63, 3.8) is 0 Å². The molecule has 220 valence electrons. The van der Waals surface area contributed by atoms with E-state index < -0.39 is 32.7 Å². The molecule has 0 bridgehead atoms. The third-order valence-corrected chi connectivity index (χ3v) is 8.44. The Morgan fingerprint density at radius 1 is 1.10 bits per heavy atom. The van der Waals surface area contributed by atoms with Gasteiger partial charge in [0.15, 0.2) is 15.7 Å². The van der Waals surface area contributed by atoms with Gasteiger partial charge in [-0.15, -0.1) is 0 Å². The number of carbonyl (C=O) groups excluding carboxylic acids is 1. The SMILES string of the molecule is Cc1cnc(Nc2cccc(S(C)(=O)=O)c2F)nc1-c1c[nH]c2c(NC(=O)C(C)N3CCN(C(=O)O)CC3)cccc12. The lowest BCUT2D eigenvalue weighted by atomic mass is 10.1. The van der Waals surface area contributed by atoms with E-state index in [0.29, 0.717) is 43.1 Å². The van der Waals surface area contributed by atoms with Gasteiger partial charge in [-0.05, 0) is 37.6 Å². The van der Waals surface area contributed by atoms with Crippen LogP contribution in [0.25, 0.3) is 22.2 Å². The zero-order chi connectivity index (χ0) is 30.2. The average molecular weight is 596 g/mol. The van der Waals surface area contributed by atoms with Crippen LogP contribution in [-0.4, -0.2) is 88.8 Å². The zero-order valence-electron chi connectivity index (χ0n) is 23.2. The number of piperazine rings is 1. The standard InChI is InChI=1S/C28H30FN7O5S/c1-16-14-31-27(33-20-7-5-9-22(23(20)29)42(3,40)41)34-24(16)19-15-30-25-18(19)6-4-8-21(25)32-26(37)17(2)35-10-12-36(13-11-35)28(38)39/h4-9,14-15,17,30H,10-13H2,1-3H3,(H,32,37)(H,38,39)(H,31,33,34). The number of aryl methyl sites for hydroxylation is 1. The second kappa shape index (κ2) is 11.4. The first-order chi connectivity index (χ1) is 19.9. The number of benzene rings is 2. The van der Waals surface area contributed by atoms with E-state index in [1.807, 2.05) is 24.0 Å². The van der Waals surface area contributed by atoms with Gasteiger partial charge in [0.25, 0.3) is 0 Å². The number of H-pyrrole nitrogens is 1. The maximum absolute atomic E-state index is 14.9. The van der Waals surface area contributed by atoms with Crippen molar-refractivity contribution in [2.24, 2.45) is 0 Å². The van der Waals surface area contributed by atoms with E-state index >= 15 is 0 Å². The van der Waals surface area contributed by atoms with E-state index in [0.717, 1.165) is 22.8 Å². The fraction of sp³-hybridized carbons (Fsp3) is 0.286. The van der Waals surface area contributed by atoms with Gasteiger partial charge < -0.3 is 25.6 Å². The number of nitrogens with one attached hydrogen (secondary N) is 3. The number of hydrogen-bond acceptors (Lipinski definition) is 8. The Labute approximate surface area is 241 Å². The van der Waals surface area contributed by atoms with E-state index in [4.69, 9.17) is 0 Å². The summed E-state index contributed by atoms with van der Waals surface area (Å²) in [6, 6.07) is 9.05. The van der Waals surface area contributed by atoms with Crippen LogP contribution in [0.1, 0.15) is 12.5 Å². The van der Waals surface area contributed by atoms with Crippen LogP contribution in [0.5, 0.6) is 0 Å². The topological polar surface area (TPSA) is 161 Å². The number of sulfone groups is 1. The number of rotatable bonds is 7.